The quantitative estimate of drug-likeness (QED) is 0.540. The van der Waals surface area contributed by atoms with Crippen molar-refractivity contribution in [1.82, 2.24) is 9.29 Å². The molecule has 10 heteroatoms. The zero-order valence-corrected chi connectivity index (χ0v) is 17.0. The lowest BCUT2D eigenvalue weighted by atomic mass is 10.2. The standard InChI is InChI=1S/C18H18N2O6S2/c1-20(2)28(22,23)16-9-8-14(26-16)10-25-18(21)15-11-27-17(19-15)12-4-6-13(24-3)7-5-12/h4-9,11H,10H2,1-3H3. The van der Waals surface area contributed by atoms with Crippen LogP contribution in [0.4, 0.5) is 0 Å². The number of hydrogen-bond donors (Lipinski definition) is 0. The third-order valence-electron chi connectivity index (χ3n) is 3.77. The van der Waals surface area contributed by atoms with Crippen molar-refractivity contribution in [2.75, 3.05) is 21.2 Å². The van der Waals surface area contributed by atoms with E-state index in [-0.39, 0.29) is 23.2 Å². The summed E-state index contributed by atoms with van der Waals surface area (Å²) in [6.07, 6.45) is 0. The monoisotopic (exact) mass is 422 g/mol. The Balaban J connectivity index is 1.64. The van der Waals surface area contributed by atoms with Gasteiger partial charge in [-0.2, -0.15) is 0 Å². The fraction of sp³-hybridized carbons (Fsp3) is 0.222. The average Bonchev–Trinajstić information content (AvgIpc) is 3.36. The minimum absolute atomic E-state index is 0.170. The highest BCUT2D eigenvalue weighted by Gasteiger charge is 2.22. The number of benzene rings is 1. The molecule has 0 amide bonds. The molecule has 0 aliphatic heterocycles. The minimum Gasteiger partial charge on any atom is -0.497 e. The third kappa shape index (κ3) is 4.24. The fourth-order valence-corrected chi connectivity index (χ4v) is 3.81. The number of carbonyl (C=O) groups is 1. The zero-order chi connectivity index (χ0) is 20.3. The summed E-state index contributed by atoms with van der Waals surface area (Å²) >= 11 is 1.32. The molecule has 1 aromatic carbocycles. The van der Waals surface area contributed by atoms with E-state index in [4.69, 9.17) is 13.9 Å². The van der Waals surface area contributed by atoms with E-state index in [1.165, 1.54) is 37.6 Å². The van der Waals surface area contributed by atoms with Crippen molar-refractivity contribution in [3.63, 3.8) is 0 Å². The van der Waals surface area contributed by atoms with E-state index in [2.05, 4.69) is 4.98 Å². The molecule has 0 bridgehead atoms. The van der Waals surface area contributed by atoms with Gasteiger partial charge in [-0.3, -0.25) is 0 Å². The number of sulfonamides is 1. The van der Waals surface area contributed by atoms with Crippen LogP contribution in [0.5, 0.6) is 5.75 Å². The Bertz CT molecular complexity index is 1070. The van der Waals surface area contributed by atoms with Gasteiger partial charge < -0.3 is 13.9 Å². The second kappa shape index (κ2) is 8.13. The van der Waals surface area contributed by atoms with Gasteiger partial charge in [0.1, 0.15) is 23.1 Å². The van der Waals surface area contributed by atoms with Gasteiger partial charge in [0.2, 0.25) is 5.09 Å². The van der Waals surface area contributed by atoms with Crippen molar-refractivity contribution in [2.24, 2.45) is 0 Å². The molecule has 0 atom stereocenters. The molecule has 2 heterocycles. The molecule has 0 saturated carbocycles. The van der Waals surface area contributed by atoms with Gasteiger partial charge in [0.05, 0.1) is 7.11 Å². The molecule has 148 valence electrons. The summed E-state index contributed by atoms with van der Waals surface area (Å²) in [5.74, 6) is 0.331. The Morgan fingerprint density at radius 2 is 1.89 bits per heavy atom. The number of aromatic nitrogens is 1. The number of ether oxygens (including phenoxy) is 2. The van der Waals surface area contributed by atoms with Crippen molar-refractivity contribution in [1.29, 1.82) is 0 Å². The largest absolute Gasteiger partial charge is 0.497 e. The minimum atomic E-state index is -3.67. The van der Waals surface area contributed by atoms with Crippen LogP contribution < -0.4 is 4.74 Å². The van der Waals surface area contributed by atoms with Crippen molar-refractivity contribution in [3.8, 4) is 16.3 Å². The van der Waals surface area contributed by atoms with Gasteiger partial charge in [0, 0.05) is 25.0 Å². The number of thiazole rings is 1. The Morgan fingerprint density at radius 3 is 2.54 bits per heavy atom. The maximum Gasteiger partial charge on any atom is 0.358 e. The van der Waals surface area contributed by atoms with Crippen molar-refractivity contribution < 1.29 is 27.1 Å². The predicted octanol–water partition coefficient (Wildman–Crippen LogP) is 3.02. The van der Waals surface area contributed by atoms with Gasteiger partial charge in [0.15, 0.2) is 5.69 Å². The van der Waals surface area contributed by atoms with E-state index in [1.54, 1.807) is 12.5 Å². The maximum absolute atomic E-state index is 12.2. The predicted molar refractivity (Wildman–Crippen MR) is 103 cm³/mol. The highest BCUT2D eigenvalue weighted by Crippen LogP contribution is 2.26. The fourth-order valence-electron chi connectivity index (χ4n) is 2.20. The lowest BCUT2D eigenvalue weighted by Gasteiger charge is -2.07. The lowest BCUT2D eigenvalue weighted by molar-refractivity contribution is 0.0434. The summed E-state index contributed by atoms with van der Waals surface area (Å²) in [6, 6.07) is 10.1. The summed E-state index contributed by atoms with van der Waals surface area (Å²) in [7, 11) is 0.721. The van der Waals surface area contributed by atoms with Crippen LogP contribution in [0.2, 0.25) is 0 Å². The first-order valence-electron chi connectivity index (χ1n) is 8.09. The van der Waals surface area contributed by atoms with E-state index in [1.807, 2.05) is 24.3 Å². The molecule has 0 fully saturated rings. The van der Waals surface area contributed by atoms with Crippen molar-refractivity contribution in [2.45, 2.75) is 11.7 Å². The van der Waals surface area contributed by atoms with Crippen LogP contribution in [0.25, 0.3) is 10.6 Å². The van der Waals surface area contributed by atoms with Crippen molar-refractivity contribution >= 4 is 27.3 Å². The van der Waals surface area contributed by atoms with Crippen LogP contribution in [0.1, 0.15) is 16.2 Å². The smallest absolute Gasteiger partial charge is 0.358 e. The molecule has 28 heavy (non-hydrogen) atoms. The van der Waals surface area contributed by atoms with E-state index in [9.17, 15) is 13.2 Å². The highest BCUT2D eigenvalue weighted by molar-refractivity contribution is 7.88. The Labute approximate surface area is 166 Å². The molecular weight excluding hydrogens is 404 g/mol. The summed E-state index contributed by atoms with van der Waals surface area (Å²) < 4.78 is 40.6. The average molecular weight is 422 g/mol. The molecular formula is C18H18N2O6S2. The van der Waals surface area contributed by atoms with Crippen LogP contribution in [0.15, 0.2) is 51.3 Å². The second-order valence-corrected chi connectivity index (χ2v) is 8.79. The van der Waals surface area contributed by atoms with Crippen LogP contribution in [-0.2, 0) is 21.4 Å². The number of furan rings is 1. The first kappa shape index (κ1) is 20.1. The number of nitrogens with zero attached hydrogens (tertiary/aromatic N) is 2. The SMILES string of the molecule is COc1ccc(-c2nc(C(=O)OCc3ccc(S(=O)(=O)N(C)C)o3)cs2)cc1. The first-order valence-corrected chi connectivity index (χ1v) is 10.4. The van der Waals surface area contributed by atoms with Gasteiger partial charge >= 0.3 is 5.97 Å². The molecule has 2 aromatic heterocycles. The summed E-state index contributed by atoms with van der Waals surface area (Å²) in [5.41, 5.74) is 1.03. The van der Waals surface area contributed by atoms with Gasteiger partial charge in [0.25, 0.3) is 10.0 Å². The summed E-state index contributed by atoms with van der Waals surface area (Å²) in [4.78, 5) is 16.5. The van der Waals surface area contributed by atoms with Crippen LogP contribution >= 0.6 is 11.3 Å². The number of esters is 1. The molecule has 0 spiro atoms. The first-order chi connectivity index (χ1) is 13.3. The number of methoxy groups -OCH3 is 1. The second-order valence-electron chi connectivity index (χ2n) is 5.85. The normalized spacial score (nSPS) is 11.6. The number of carbonyl (C=O) groups excluding carboxylic acids is 1. The van der Waals surface area contributed by atoms with E-state index >= 15 is 0 Å². The molecule has 0 N–H and O–H groups in total. The molecule has 0 radical (unpaired) electrons. The number of hydrogen-bond acceptors (Lipinski definition) is 8. The number of rotatable bonds is 7. The summed E-state index contributed by atoms with van der Waals surface area (Å²) in [5, 5.41) is 2.07. The van der Waals surface area contributed by atoms with Gasteiger partial charge in [-0.15, -0.1) is 11.3 Å². The molecule has 0 unspecified atom stereocenters. The van der Waals surface area contributed by atoms with Gasteiger partial charge in [-0.1, -0.05) is 0 Å². The zero-order valence-electron chi connectivity index (χ0n) is 15.4. The molecule has 0 saturated heterocycles. The van der Waals surface area contributed by atoms with Crippen LogP contribution in [0, 0.1) is 0 Å². The van der Waals surface area contributed by atoms with E-state index in [0.717, 1.165) is 15.6 Å². The highest BCUT2D eigenvalue weighted by atomic mass is 32.2. The molecule has 3 rings (SSSR count). The van der Waals surface area contributed by atoms with Crippen molar-refractivity contribution in [3.05, 3.63) is 53.2 Å². The topological polar surface area (TPSA) is 98.9 Å². The van der Waals surface area contributed by atoms with E-state index < -0.39 is 16.0 Å². The maximum atomic E-state index is 12.2. The van der Waals surface area contributed by atoms with Crippen LogP contribution in [0.3, 0.4) is 0 Å². The Hall–Kier alpha value is -2.69. The molecule has 0 aliphatic carbocycles. The van der Waals surface area contributed by atoms with Gasteiger partial charge in [-0.05, 0) is 36.4 Å². The van der Waals surface area contributed by atoms with Crippen LogP contribution in [-0.4, -0.2) is 44.9 Å². The molecule has 0 aliphatic rings. The molecule has 8 nitrogen and oxygen atoms in total. The third-order valence-corrected chi connectivity index (χ3v) is 6.35. The van der Waals surface area contributed by atoms with E-state index in [0.29, 0.717) is 5.01 Å². The Kier molecular flexibility index (Phi) is 5.82. The lowest BCUT2D eigenvalue weighted by Crippen LogP contribution is -2.21. The molecule has 3 aromatic rings. The van der Waals surface area contributed by atoms with Gasteiger partial charge in [-0.25, -0.2) is 22.5 Å². The summed E-state index contributed by atoms with van der Waals surface area (Å²) in [6.45, 7) is -0.197. The Morgan fingerprint density at radius 1 is 1.18 bits per heavy atom.